The van der Waals surface area contributed by atoms with Crippen molar-refractivity contribution in [2.24, 2.45) is 0 Å². The first kappa shape index (κ1) is 9.57. The van der Waals surface area contributed by atoms with Gasteiger partial charge in [0.2, 0.25) is 5.89 Å². The molecule has 2 aromatic rings. The Morgan fingerprint density at radius 1 is 1.53 bits per heavy atom. The molecule has 2 heterocycles. The minimum absolute atomic E-state index is 0.00292. The van der Waals surface area contributed by atoms with Crippen LogP contribution < -0.4 is 0 Å². The number of carbonyl (C=O) groups is 1. The van der Waals surface area contributed by atoms with E-state index in [0.717, 1.165) is 6.54 Å². The molecular weight excluding hydrogens is 196 g/mol. The van der Waals surface area contributed by atoms with E-state index in [1.165, 1.54) is 6.20 Å². The van der Waals surface area contributed by atoms with E-state index in [4.69, 9.17) is 4.42 Å². The second-order valence-corrected chi connectivity index (χ2v) is 3.04. The van der Waals surface area contributed by atoms with Crippen molar-refractivity contribution < 1.29 is 9.21 Å². The van der Waals surface area contributed by atoms with E-state index in [2.05, 4.69) is 15.3 Å². The maximum Gasteiger partial charge on any atom is 0.289 e. The van der Waals surface area contributed by atoms with Gasteiger partial charge in [0.15, 0.2) is 0 Å². The van der Waals surface area contributed by atoms with Crippen molar-refractivity contribution in [1.29, 1.82) is 0 Å². The van der Waals surface area contributed by atoms with Gasteiger partial charge in [-0.2, -0.15) is 5.10 Å². The molecule has 0 N–H and O–H groups in total. The Balaban J connectivity index is 2.28. The van der Waals surface area contributed by atoms with Crippen molar-refractivity contribution in [3.05, 3.63) is 29.7 Å². The maximum absolute atomic E-state index is 11.7. The minimum atomic E-state index is -0.296. The molecule has 6 heteroatoms. The van der Waals surface area contributed by atoms with Crippen LogP contribution >= 0.6 is 0 Å². The summed E-state index contributed by atoms with van der Waals surface area (Å²) in [6.07, 6.45) is 3.15. The summed E-state index contributed by atoms with van der Waals surface area (Å²) in [7, 11) is 0. The number of hydrogen-bond donors (Lipinski definition) is 0. The van der Waals surface area contributed by atoms with Crippen LogP contribution in [0.4, 0.5) is 0 Å². The van der Waals surface area contributed by atoms with Gasteiger partial charge < -0.3 is 4.42 Å². The quantitative estimate of drug-likeness (QED) is 0.695. The van der Waals surface area contributed by atoms with Crippen LogP contribution in [0, 0.1) is 6.92 Å². The Kier molecular flexibility index (Phi) is 2.32. The van der Waals surface area contributed by atoms with E-state index in [1.54, 1.807) is 17.8 Å². The van der Waals surface area contributed by atoms with Crippen molar-refractivity contribution in [2.75, 3.05) is 0 Å². The molecule has 0 saturated carbocycles. The third-order valence-electron chi connectivity index (χ3n) is 1.94. The molecule has 0 bridgehead atoms. The molecule has 0 amide bonds. The summed E-state index contributed by atoms with van der Waals surface area (Å²) < 4.78 is 6.70. The Morgan fingerprint density at radius 2 is 2.33 bits per heavy atom. The molecule has 0 radical (unpaired) electrons. The lowest BCUT2D eigenvalue weighted by molar-refractivity contribution is 0.100. The molecule has 0 spiro atoms. The lowest BCUT2D eigenvalue weighted by atomic mass is 10.2. The molecular formula is C9H10N4O2. The van der Waals surface area contributed by atoms with Crippen LogP contribution in [0.15, 0.2) is 16.8 Å². The second-order valence-electron chi connectivity index (χ2n) is 3.04. The smallest absolute Gasteiger partial charge is 0.289 e. The number of hydrogen-bond acceptors (Lipinski definition) is 5. The fraction of sp³-hybridized carbons (Fsp3) is 0.333. The molecule has 15 heavy (non-hydrogen) atoms. The fourth-order valence-corrected chi connectivity index (χ4v) is 1.17. The van der Waals surface area contributed by atoms with Gasteiger partial charge in [-0.1, -0.05) is 0 Å². The molecule has 2 aromatic heterocycles. The first-order chi connectivity index (χ1) is 7.20. The molecule has 0 aromatic carbocycles. The minimum Gasteiger partial charge on any atom is -0.418 e. The molecule has 2 rings (SSSR count). The molecule has 0 fully saturated rings. The van der Waals surface area contributed by atoms with Crippen LogP contribution in [0.5, 0.6) is 0 Å². The van der Waals surface area contributed by atoms with Crippen molar-refractivity contribution in [3.63, 3.8) is 0 Å². The molecule has 6 nitrogen and oxygen atoms in total. The van der Waals surface area contributed by atoms with Crippen molar-refractivity contribution in [1.82, 2.24) is 20.0 Å². The lowest BCUT2D eigenvalue weighted by Gasteiger charge is -1.90. The second kappa shape index (κ2) is 3.64. The SMILES string of the molecule is CCn1cc(C(=O)c2nnc(C)o2)cn1. The monoisotopic (exact) mass is 206 g/mol. The zero-order chi connectivity index (χ0) is 10.8. The first-order valence-electron chi connectivity index (χ1n) is 4.58. The Morgan fingerprint density at radius 3 is 2.87 bits per heavy atom. The predicted molar refractivity (Wildman–Crippen MR) is 50.4 cm³/mol. The van der Waals surface area contributed by atoms with E-state index in [0.29, 0.717) is 11.5 Å². The lowest BCUT2D eigenvalue weighted by Crippen LogP contribution is -2.00. The average molecular weight is 206 g/mol. The molecule has 0 unspecified atom stereocenters. The van der Waals surface area contributed by atoms with E-state index in [1.807, 2.05) is 6.92 Å². The number of carbonyl (C=O) groups excluding carboxylic acids is 1. The Labute approximate surface area is 85.9 Å². The molecule has 0 atom stereocenters. The molecule has 0 aliphatic heterocycles. The number of rotatable bonds is 3. The normalized spacial score (nSPS) is 10.5. The molecule has 78 valence electrons. The van der Waals surface area contributed by atoms with Gasteiger partial charge in [-0.25, -0.2) is 0 Å². The molecule has 0 aliphatic carbocycles. The highest BCUT2D eigenvalue weighted by Crippen LogP contribution is 2.07. The van der Waals surface area contributed by atoms with E-state index < -0.39 is 0 Å². The summed E-state index contributed by atoms with van der Waals surface area (Å²) in [6, 6.07) is 0. The van der Waals surface area contributed by atoms with Gasteiger partial charge in [-0.15, -0.1) is 10.2 Å². The van der Waals surface area contributed by atoms with Gasteiger partial charge in [-0.05, 0) is 6.92 Å². The summed E-state index contributed by atoms with van der Waals surface area (Å²) in [5.74, 6) is 0.0830. The van der Waals surface area contributed by atoms with Gasteiger partial charge in [0, 0.05) is 19.7 Å². The molecule has 0 aliphatic rings. The van der Waals surface area contributed by atoms with Crippen molar-refractivity contribution in [2.45, 2.75) is 20.4 Å². The highest BCUT2D eigenvalue weighted by molar-refractivity contribution is 6.05. The third-order valence-corrected chi connectivity index (χ3v) is 1.94. The third kappa shape index (κ3) is 1.78. The first-order valence-corrected chi connectivity index (χ1v) is 4.58. The van der Waals surface area contributed by atoms with Crippen LogP contribution in [0.2, 0.25) is 0 Å². The van der Waals surface area contributed by atoms with Crippen molar-refractivity contribution >= 4 is 5.78 Å². The van der Waals surface area contributed by atoms with E-state index in [9.17, 15) is 4.79 Å². The number of aryl methyl sites for hydroxylation is 2. The summed E-state index contributed by atoms with van der Waals surface area (Å²) in [4.78, 5) is 11.7. The van der Waals surface area contributed by atoms with Gasteiger partial charge in [0.05, 0.1) is 11.8 Å². The van der Waals surface area contributed by atoms with Gasteiger partial charge in [0.1, 0.15) is 0 Å². The Hall–Kier alpha value is -1.98. The molecule has 0 saturated heterocycles. The summed E-state index contributed by atoms with van der Waals surface area (Å²) in [5, 5.41) is 11.2. The van der Waals surface area contributed by atoms with Crippen LogP contribution in [-0.2, 0) is 6.54 Å². The zero-order valence-electron chi connectivity index (χ0n) is 8.47. The maximum atomic E-state index is 11.7. The van der Waals surface area contributed by atoms with Gasteiger partial charge in [-0.3, -0.25) is 9.48 Å². The van der Waals surface area contributed by atoms with Crippen LogP contribution in [0.3, 0.4) is 0 Å². The number of ketones is 1. The topological polar surface area (TPSA) is 73.8 Å². The van der Waals surface area contributed by atoms with Crippen LogP contribution in [-0.4, -0.2) is 25.8 Å². The highest BCUT2D eigenvalue weighted by Gasteiger charge is 2.17. The number of nitrogens with zero attached hydrogens (tertiary/aromatic N) is 4. The fourth-order valence-electron chi connectivity index (χ4n) is 1.17. The van der Waals surface area contributed by atoms with Crippen molar-refractivity contribution in [3.8, 4) is 0 Å². The van der Waals surface area contributed by atoms with Crippen LogP contribution in [0.25, 0.3) is 0 Å². The van der Waals surface area contributed by atoms with E-state index >= 15 is 0 Å². The Bertz CT molecular complexity index is 486. The zero-order valence-corrected chi connectivity index (χ0v) is 8.47. The largest absolute Gasteiger partial charge is 0.418 e. The summed E-state index contributed by atoms with van der Waals surface area (Å²) in [6.45, 7) is 4.30. The predicted octanol–water partition coefficient (Wildman–Crippen LogP) is 0.825. The summed E-state index contributed by atoms with van der Waals surface area (Å²) in [5.41, 5.74) is 0.459. The highest BCUT2D eigenvalue weighted by atomic mass is 16.4. The standard InChI is InChI=1S/C9H10N4O2/c1-3-13-5-7(4-10-13)8(14)9-12-11-6(2)15-9/h4-5H,3H2,1-2H3. The average Bonchev–Trinajstić information content (AvgIpc) is 2.84. The van der Waals surface area contributed by atoms with Gasteiger partial charge in [0.25, 0.3) is 11.7 Å². The van der Waals surface area contributed by atoms with Gasteiger partial charge >= 0.3 is 0 Å². The van der Waals surface area contributed by atoms with Crippen LogP contribution in [0.1, 0.15) is 29.1 Å². The number of aromatic nitrogens is 4. The van der Waals surface area contributed by atoms with E-state index in [-0.39, 0.29) is 11.7 Å². The summed E-state index contributed by atoms with van der Waals surface area (Å²) >= 11 is 0.